The Bertz CT molecular complexity index is 769. The number of benzene rings is 1. The topological polar surface area (TPSA) is 122 Å². The molecule has 0 aliphatic carbocycles. The quantitative estimate of drug-likeness (QED) is 0.400. The standard InChI is InChI=1S/C20H24N2O5/c1-20(2,21)17(19(26)27-3)22-18(25)16-10-8-14(9-11-16)6-4-5-7-15(12-23)13-24/h8-11,15,17,23-24H,12-13,21H2,1-3H3,(H,22,25)/t17-/m1/s1. The van der Waals surface area contributed by atoms with Crippen LogP contribution >= 0.6 is 0 Å². The summed E-state index contributed by atoms with van der Waals surface area (Å²) >= 11 is 0. The fourth-order valence-corrected chi connectivity index (χ4v) is 1.98. The number of hydrogen-bond donors (Lipinski definition) is 4. The van der Waals surface area contributed by atoms with Gasteiger partial charge in [-0.2, -0.15) is 0 Å². The molecule has 0 spiro atoms. The summed E-state index contributed by atoms with van der Waals surface area (Å²) in [5.74, 6) is 8.99. The SMILES string of the molecule is COC(=O)[C@@H](NC(=O)c1ccc(C#CC#CC(CO)CO)cc1)C(C)(C)N. The van der Waals surface area contributed by atoms with Gasteiger partial charge in [0, 0.05) is 16.7 Å². The van der Waals surface area contributed by atoms with Gasteiger partial charge in [-0.25, -0.2) is 4.79 Å². The number of nitrogens with one attached hydrogen (secondary N) is 1. The van der Waals surface area contributed by atoms with Crippen molar-refractivity contribution in [1.82, 2.24) is 5.32 Å². The average Bonchev–Trinajstić information content (AvgIpc) is 2.65. The van der Waals surface area contributed by atoms with Gasteiger partial charge in [-0.1, -0.05) is 11.8 Å². The molecule has 144 valence electrons. The van der Waals surface area contributed by atoms with E-state index in [1.165, 1.54) is 7.11 Å². The summed E-state index contributed by atoms with van der Waals surface area (Å²) in [7, 11) is 1.23. The predicted molar refractivity (Wildman–Crippen MR) is 100 cm³/mol. The van der Waals surface area contributed by atoms with Crippen molar-refractivity contribution in [3.63, 3.8) is 0 Å². The number of carbonyl (C=O) groups is 2. The van der Waals surface area contributed by atoms with Crippen molar-refractivity contribution >= 4 is 11.9 Å². The molecule has 0 unspecified atom stereocenters. The Morgan fingerprint density at radius 3 is 2.26 bits per heavy atom. The van der Waals surface area contributed by atoms with E-state index in [2.05, 4.69) is 33.7 Å². The third-order valence-corrected chi connectivity index (χ3v) is 3.59. The molecule has 1 atom stereocenters. The van der Waals surface area contributed by atoms with Crippen LogP contribution in [0.4, 0.5) is 0 Å². The Hall–Kier alpha value is -2.84. The first-order valence-electron chi connectivity index (χ1n) is 8.23. The summed E-state index contributed by atoms with van der Waals surface area (Å²) in [5.41, 5.74) is 5.92. The molecule has 1 amide bonds. The maximum atomic E-state index is 12.4. The van der Waals surface area contributed by atoms with Gasteiger partial charge in [0.25, 0.3) is 5.91 Å². The minimum atomic E-state index is -0.992. The third-order valence-electron chi connectivity index (χ3n) is 3.59. The number of rotatable bonds is 6. The minimum absolute atomic E-state index is 0.235. The van der Waals surface area contributed by atoms with E-state index < -0.39 is 29.4 Å². The third kappa shape index (κ3) is 7.12. The van der Waals surface area contributed by atoms with Crippen LogP contribution in [0.5, 0.6) is 0 Å². The Kier molecular flexibility index (Phi) is 8.50. The molecule has 5 N–H and O–H groups in total. The summed E-state index contributed by atoms with van der Waals surface area (Å²) in [6.45, 7) is 2.77. The molecule has 0 radical (unpaired) electrons. The molecule has 1 rings (SSSR count). The van der Waals surface area contributed by atoms with Crippen molar-refractivity contribution in [1.29, 1.82) is 0 Å². The second-order valence-electron chi connectivity index (χ2n) is 6.41. The fraction of sp³-hybridized carbons (Fsp3) is 0.400. The van der Waals surface area contributed by atoms with Crippen molar-refractivity contribution in [2.45, 2.75) is 25.4 Å². The van der Waals surface area contributed by atoms with Crippen molar-refractivity contribution in [3.05, 3.63) is 35.4 Å². The number of hydrogen-bond acceptors (Lipinski definition) is 6. The molecule has 1 aromatic rings. The van der Waals surface area contributed by atoms with E-state index in [1.807, 2.05) is 0 Å². The number of ether oxygens (including phenoxy) is 1. The first kappa shape index (κ1) is 22.2. The molecule has 0 aliphatic rings. The lowest BCUT2D eigenvalue weighted by Gasteiger charge is -2.28. The van der Waals surface area contributed by atoms with Crippen molar-refractivity contribution in [2.24, 2.45) is 11.7 Å². The van der Waals surface area contributed by atoms with E-state index in [-0.39, 0.29) is 13.2 Å². The smallest absolute Gasteiger partial charge is 0.330 e. The summed E-state index contributed by atoms with van der Waals surface area (Å²) < 4.78 is 4.69. The lowest BCUT2D eigenvalue weighted by molar-refractivity contribution is -0.144. The molecule has 27 heavy (non-hydrogen) atoms. The predicted octanol–water partition coefficient (Wildman–Crippen LogP) is -0.349. The van der Waals surface area contributed by atoms with Crippen molar-refractivity contribution < 1.29 is 24.5 Å². The molecular weight excluding hydrogens is 348 g/mol. The highest BCUT2D eigenvalue weighted by molar-refractivity contribution is 5.97. The fourth-order valence-electron chi connectivity index (χ4n) is 1.98. The lowest BCUT2D eigenvalue weighted by Crippen LogP contribution is -2.59. The van der Waals surface area contributed by atoms with E-state index >= 15 is 0 Å². The van der Waals surface area contributed by atoms with E-state index in [1.54, 1.807) is 38.1 Å². The molecule has 0 fully saturated rings. The first-order chi connectivity index (χ1) is 12.7. The lowest BCUT2D eigenvalue weighted by atomic mass is 9.95. The maximum absolute atomic E-state index is 12.4. The Labute approximate surface area is 158 Å². The Balaban J connectivity index is 2.84. The Morgan fingerprint density at radius 2 is 1.78 bits per heavy atom. The second kappa shape index (κ2) is 10.3. The number of carbonyl (C=O) groups excluding carboxylic acids is 2. The van der Waals surface area contributed by atoms with Gasteiger partial charge in [0.15, 0.2) is 0 Å². The molecule has 7 heteroatoms. The van der Waals surface area contributed by atoms with Crippen molar-refractivity contribution in [3.8, 4) is 23.7 Å². The number of nitrogens with two attached hydrogens (primary N) is 1. The van der Waals surface area contributed by atoms with Crippen LogP contribution in [0.3, 0.4) is 0 Å². The molecule has 0 heterocycles. The molecule has 0 saturated heterocycles. The molecule has 0 saturated carbocycles. The number of methoxy groups -OCH3 is 1. The van der Waals surface area contributed by atoms with Crippen LogP contribution in [0.1, 0.15) is 29.8 Å². The van der Waals surface area contributed by atoms with Crippen LogP contribution in [-0.4, -0.2) is 54.0 Å². The van der Waals surface area contributed by atoms with Crippen LogP contribution in [0.25, 0.3) is 0 Å². The maximum Gasteiger partial charge on any atom is 0.330 e. The summed E-state index contributed by atoms with van der Waals surface area (Å²) in [6.07, 6.45) is 0. The first-order valence-corrected chi connectivity index (χ1v) is 8.23. The molecular formula is C20H24N2O5. The zero-order valence-corrected chi connectivity index (χ0v) is 15.6. The molecule has 0 bridgehead atoms. The number of aliphatic hydroxyl groups is 2. The monoisotopic (exact) mass is 372 g/mol. The highest BCUT2D eigenvalue weighted by atomic mass is 16.5. The number of aliphatic hydroxyl groups excluding tert-OH is 2. The van der Waals surface area contributed by atoms with Gasteiger partial charge in [-0.05, 0) is 50.0 Å². The summed E-state index contributed by atoms with van der Waals surface area (Å²) in [5, 5.41) is 20.4. The zero-order chi connectivity index (χ0) is 20.4. The van der Waals surface area contributed by atoms with E-state index in [0.29, 0.717) is 11.1 Å². The summed E-state index contributed by atoms with van der Waals surface area (Å²) in [6, 6.07) is 5.42. The molecule has 0 aliphatic heterocycles. The molecule has 7 nitrogen and oxygen atoms in total. The van der Waals surface area contributed by atoms with Crippen LogP contribution in [0.2, 0.25) is 0 Å². The van der Waals surface area contributed by atoms with Crippen LogP contribution in [0, 0.1) is 29.6 Å². The van der Waals surface area contributed by atoms with Crippen LogP contribution < -0.4 is 11.1 Å². The molecule has 0 aromatic heterocycles. The van der Waals surface area contributed by atoms with Gasteiger partial charge < -0.3 is 26.0 Å². The van der Waals surface area contributed by atoms with E-state index in [4.69, 9.17) is 15.9 Å². The average molecular weight is 372 g/mol. The van der Waals surface area contributed by atoms with E-state index in [0.717, 1.165) is 0 Å². The normalized spacial score (nSPS) is 11.5. The van der Waals surface area contributed by atoms with Gasteiger partial charge in [-0.15, -0.1) is 0 Å². The van der Waals surface area contributed by atoms with Gasteiger partial charge in [0.05, 0.1) is 26.2 Å². The largest absolute Gasteiger partial charge is 0.467 e. The summed E-state index contributed by atoms with van der Waals surface area (Å²) in [4.78, 5) is 24.2. The van der Waals surface area contributed by atoms with Gasteiger partial charge in [0.1, 0.15) is 6.04 Å². The molecule has 1 aromatic carbocycles. The van der Waals surface area contributed by atoms with Gasteiger partial charge >= 0.3 is 5.97 Å². The number of amides is 1. The second-order valence-corrected chi connectivity index (χ2v) is 6.41. The highest BCUT2D eigenvalue weighted by Crippen LogP contribution is 2.10. The van der Waals surface area contributed by atoms with Crippen LogP contribution in [-0.2, 0) is 9.53 Å². The van der Waals surface area contributed by atoms with Gasteiger partial charge in [-0.3, -0.25) is 4.79 Å². The van der Waals surface area contributed by atoms with Crippen molar-refractivity contribution in [2.75, 3.05) is 20.3 Å². The van der Waals surface area contributed by atoms with Crippen LogP contribution in [0.15, 0.2) is 24.3 Å². The number of esters is 1. The zero-order valence-electron chi connectivity index (χ0n) is 15.6. The minimum Gasteiger partial charge on any atom is -0.467 e. The highest BCUT2D eigenvalue weighted by Gasteiger charge is 2.34. The van der Waals surface area contributed by atoms with Gasteiger partial charge in [0.2, 0.25) is 0 Å². The Morgan fingerprint density at radius 1 is 1.19 bits per heavy atom. The van der Waals surface area contributed by atoms with E-state index in [9.17, 15) is 9.59 Å².